The van der Waals surface area contributed by atoms with E-state index in [-0.39, 0.29) is 30.5 Å². The van der Waals surface area contributed by atoms with E-state index in [0.29, 0.717) is 32.3 Å². The minimum absolute atomic E-state index is 0.222. The summed E-state index contributed by atoms with van der Waals surface area (Å²) in [5.74, 6) is 1.66. The summed E-state index contributed by atoms with van der Waals surface area (Å²) in [5.41, 5.74) is 3.98. The van der Waals surface area contributed by atoms with Gasteiger partial charge in [-0.05, 0) is 60.8 Å². The molecule has 1 fully saturated rings. The van der Waals surface area contributed by atoms with Crippen molar-refractivity contribution in [1.82, 2.24) is 0 Å². The lowest BCUT2D eigenvalue weighted by Crippen LogP contribution is -2.58. The van der Waals surface area contributed by atoms with Crippen molar-refractivity contribution in [1.29, 1.82) is 0 Å². The summed E-state index contributed by atoms with van der Waals surface area (Å²) >= 11 is 1.98. The standard InChI is InChI=1S/C37H56O5S/c1-5-9-20-38-26-32-35(39-21-10-6-2)37(41-23-12-8-4)36(40-22-11-7-3)34(42-32)29-17-15-16-28(24-29)25-30-27-43-33-19-14-13-18-31(30)33/h13-19,24,30,32,34-37H,5-12,20-23,25-27H2,1-4H3/t30?,32?,34-,35+,36-,37?/m0/s1. The largest absolute Gasteiger partial charge is 0.379 e. The molecule has 6 atom stereocenters. The molecular weight excluding hydrogens is 556 g/mol. The van der Waals surface area contributed by atoms with Gasteiger partial charge >= 0.3 is 0 Å². The molecule has 0 amide bonds. The normalized spacial score (nSPS) is 25.2. The molecule has 0 N–H and O–H groups in total. The summed E-state index contributed by atoms with van der Waals surface area (Å²) in [6, 6.07) is 17.9. The first-order chi connectivity index (χ1) is 21.2. The SMILES string of the molecule is CCCCOCC1O[C@@H](c2cccc(CC3CSc4ccccc43)c2)[C@H](OCCCC)C(OCCCC)[C@@H]1OCCCC. The smallest absolute Gasteiger partial charge is 0.117 e. The molecule has 0 aromatic heterocycles. The van der Waals surface area contributed by atoms with E-state index in [0.717, 1.165) is 75.7 Å². The molecule has 2 aromatic rings. The van der Waals surface area contributed by atoms with Gasteiger partial charge < -0.3 is 23.7 Å². The molecule has 43 heavy (non-hydrogen) atoms. The minimum Gasteiger partial charge on any atom is -0.379 e. The van der Waals surface area contributed by atoms with Gasteiger partial charge in [0.05, 0.1) is 6.61 Å². The van der Waals surface area contributed by atoms with E-state index in [4.69, 9.17) is 23.7 Å². The van der Waals surface area contributed by atoms with E-state index in [1.165, 1.54) is 16.0 Å². The van der Waals surface area contributed by atoms with Crippen LogP contribution in [0.25, 0.3) is 0 Å². The van der Waals surface area contributed by atoms with Gasteiger partial charge in [0.15, 0.2) is 0 Å². The van der Waals surface area contributed by atoms with E-state index in [2.05, 4.69) is 76.2 Å². The topological polar surface area (TPSA) is 46.2 Å². The third-order valence-corrected chi connectivity index (χ3v) is 9.80. The van der Waals surface area contributed by atoms with Gasteiger partial charge in [-0.3, -0.25) is 0 Å². The summed E-state index contributed by atoms with van der Waals surface area (Å²) in [4.78, 5) is 1.43. The predicted octanol–water partition coefficient (Wildman–Crippen LogP) is 8.93. The second-order valence-corrected chi connectivity index (χ2v) is 13.1. The average molecular weight is 613 g/mol. The molecule has 2 aliphatic rings. The lowest BCUT2D eigenvalue weighted by molar-refractivity contribution is -0.268. The lowest BCUT2D eigenvalue weighted by Gasteiger charge is -2.46. The van der Waals surface area contributed by atoms with Gasteiger partial charge in [0, 0.05) is 37.1 Å². The highest BCUT2D eigenvalue weighted by Crippen LogP contribution is 2.42. The second-order valence-electron chi connectivity index (χ2n) is 12.1. The molecule has 0 bridgehead atoms. The molecule has 0 radical (unpaired) electrons. The molecular formula is C37H56O5S. The van der Waals surface area contributed by atoms with Crippen LogP contribution in [-0.2, 0) is 30.1 Å². The van der Waals surface area contributed by atoms with Crippen LogP contribution in [0.3, 0.4) is 0 Å². The third kappa shape index (κ3) is 10.0. The van der Waals surface area contributed by atoms with Crippen molar-refractivity contribution in [3.8, 4) is 0 Å². The molecule has 240 valence electrons. The van der Waals surface area contributed by atoms with Crippen LogP contribution in [0.2, 0.25) is 0 Å². The van der Waals surface area contributed by atoms with Crippen molar-refractivity contribution in [3.63, 3.8) is 0 Å². The Morgan fingerprint density at radius 3 is 2.09 bits per heavy atom. The Balaban J connectivity index is 1.62. The van der Waals surface area contributed by atoms with Crippen LogP contribution in [0, 0.1) is 0 Å². The first-order valence-corrected chi connectivity index (χ1v) is 18.1. The summed E-state index contributed by atoms with van der Waals surface area (Å²) in [6.07, 6.45) is 8.28. The minimum atomic E-state index is -0.250. The van der Waals surface area contributed by atoms with Gasteiger partial charge in [-0.25, -0.2) is 0 Å². The van der Waals surface area contributed by atoms with E-state index in [9.17, 15) is 0 Å². The highest BCUT2D eigenvalue weighted by molar-refractivity contribution is 7.99. The van der Waals surface area contributed by atoms with Gasteiger partial charge in [0.2, 0.25) is 0 Å². The van der Waals surface area contributed by atoms with Crippen molar-refractivity contribution in [2.75, 3.05) is 38.8 Å². The van der Waals surface area contributed by atoms with E-state index in [1.54, 1.807) is 0 Å². The Bertz CT molecular complexity index is 1050. The number of hydrogen-bond donors (Lipinski definition) is 0. The zero-order valence-corrected chi connectivity index (χ0v) is 28.0. The van der Waals surface area contributed by atoms with Crippen molar-refractivity contribution in [2.45, 2.75) is 127 Å². The predicted molar refractivity (Wildman–Crippen MR) is 177 cm³/mol. The number of unbranched alkanes of at least 4 members (excludes halogenated alkanes) is 4. The van der Waals surface area contributed by atoms with Gasteiger partial charge in [-0.15, -0.1) is 11.8 Å². The zero-order valence-electron chi connectivity index (χ0n) is 27.1. The van der Waals surface area contributed by atoms with Crippen LogP contribution >= 0.6 is 11.8 Å². The average Bonchev–Trinajstić information content (AvgIpc) is 3.43. The van der Waals surface area contributed by atoms with Crippen molar-refractivity contribution in [2.24, 2.45) is 0 Å². The van der Waals surface area contributed by atoms with Crippen LogP contribution in [0.15, 0.2) is 53.4 Å². The maximum absolute atomic E-state index is 7.00. The maximum Gasteiger partial charge on any atom is 0.117 e. The fourth-order valence-electron chi connectivity index (χ4n) is 6.01. The Hall–Kier alpha value is -1.41. The van der Waals surface area contributed by atoms with Crippen LogP contribution in [-0.4, -0.2) is 63.2 Å². The van der Waals surface area contributed by atoms with Crippen molar-refractivity contribution >= 4 is 11.8 Å². The maximum atomic E-state index is 7.00. The Morgan fingerprint density at radius 1 is 0.721 bits per heavy atom. The summed E-state index contributed by atoms with van der Waals surface area (Å²) in [7, 11) is 0. The lowest BCUT2D eigenvalue weighted by atomic mass is 9.88. The molecule has 3 unspecified atom stereocenters. The van der Waals surface area contributed by atoms with Gasteiger partial charge in [0.25, 0.3) is 0 Å². The third-order valence-electron chi connectivity index (χ3n) is 8.54. The molecule has 0 aliphatic carbocycles. The van der Waals surface area contributed by atoms with Gasteiger partial charge in [0.1, 0.15) is 30.5 Å². The van der Waals surface area contributed by atoms with Crippen LogP contribution < -0.4 is 0 Å². The molecule has 4 rings (SSSR count). The molecule has 0 spiro atoms. The fraction of sp³-hybridized carbons (Fsp3) is 0.676. The summed E-state index contributed by atoms with van der Waals surface area (Å²) in [5, 5.41) is 0. The molecule has 1 saturated heterocycles. The second kappa shape index (κ2) is 19.2. The van der Waals surface area contributed by atoms with Crippen LogP contribution in [0.1, 0.15) is 108 Å². The van der Waals surface area contributed by atoms with Crippen molar-refractivity contribution < 1.29 is 23.7 Å². The molecule has 6 heteroatoms. The number of fused-ring (bicyclic) bond motifs is 1. The van der Waals surface area contributed by atoms with E-state index >= 15 is 0 Å². The molecule has 2 aromatic carbocycles. The van der Waals surface area contributed by atoms with Crippen molar-refractivity contribution in [3.05, 3.63) is 65.2 Å². The van der Waals surface area contributed by atoms with Crippen LogP contribution in [0.5, 0.6) is 0 Å². The fourth-order valence-corrected chi connectivity index (χ4v) is 7.26. The summed E-state index contributed by atoms with van der Waals surface area (Å²) < 4.78 is 33.2. The number of hydrogen-bond acceptors (Lipinski definition) is 6. The number of rotatable bonds is 20. The molecule has 2 aliphatic heterocycles. The van der Waals surface area contributed by atoms with E-state index < -0.39 is 0 Å². The monoisotopic (exact) mass is 612 g/mol. The summed E-state index contributed by atoms with van der Waals surface area (Å²) in [6.45, 7) is 12.1. The Morgan fingerprint density at radius 2 is 1.37 bits per heavy atom. The molecule has 5 nitrogen and oxygen atoms in total. The molecule has 2 heterocycles. The number of ether oxygens (including phenoxy) is 5. The Kier molecular flexibility index (Phi) is 15.4. The number of thioether (sulfide) groups is 1. The first-order valence-electron chi connectivity index (χ1n) is 17.1. The van der Waals surface area contributed by atoms with Gasteiger partial charge in [-0.2, -0.15) is 0 Å². The number of benzene rings is 2. The molecule has 0 saturated carbocycles. The highest BCUT2D eigenvalue weighted by Gasteiger charge is 2.48. The highest BCUT2D eigenvalue weighted by atomic mass is 32.2. The van der Waals surface area contributed by atoms with Gasteiger partial charge in [-0.1, -0.05) is 95.8 Å². The zero-order chi connectivity index (χ0) is 30.3. The first kappa shape index (κ1) is 34.5. The Labute approximate surface area is 265 Å². The van der Waals surface area contributed by atoms with E-state index in [1.807, 2.05) is 11.8 Å². The quantitative estimate of drug-likeness (QED) is 0.139. The van der Waals surface area contributed by atoms with Crippen LogP contribution in [0.4, 0.5) is 0 Å².